The lowest BCUT2D eigenvalue weighted by atomic mass is 10.0. The van der Waals surface area contributed by atoms with E-state index in [1.165, 1.54) is 11.3 Å². The van der Waals surface area contributed by atoms with E-state index in [0.29, 0.717) is 0 Å². The predicted molar refractivity (Wildman–Crippen MR) is 110 cm³/mol. The van der Waals surface area contributed by atoms with Gasteiger partial charge in [0.05, 0.1) is 16.6 Å². The third-order valence-corrected chi connectivity index (χ3v) is 5.37. The number of thiazole rings is 1. The maximum atomic E-state index is 12.2. The maximum absolute atomic E-state index is 12.2. The molecule has 0 saturated carbocycles. The van der Waals surface area contributed by atoms with Gasteiger partial charge < -0.3 is 10.1 Å². The smallest absolute Gasteiger partial charge is 0.325 e. The molecule has 3 aromatic carbocycles. The first kappa shape index (κ1) is 18.1. The normalized spacial score (nSPS) is 10.9. The highest BCUT2D eigenvalue weighted by atomic mass is 32.1. The van der Waals surface area contributed by atoms with Crippen molar-refractivity contribution in [2.75, 3.05) is 6.54 Å². The summed E-state index contributed by atoms with van der Waals surface area (Å²) in [6.07, 6.45) is 0.215. The topological polar surface area (TPSA) is 68.3 Å². The summed E-state index contributed by atoms with van der Waals surface area (Å²) in [5.41, 5.74) is 1.82. The van der Waals surface area contributed by atoms with Crippen molar-refractivity contribution in [2.45, 2.75) is 13.0 Å². The molecule has 6 heteroatoms. The average molecular weight is 390 g/mol. The van der Waals surface area contributed by atoms with Gasteiger partial charge in [-0.2, -0.15) is 0 Å². The Morgan fingerprint density at radius 2 is 1.75 bits per heavy atom. The van der Waals surface area contributed by atoms with Gasteiger partial charge in [0.2, 0.25) is 5.91 Å². The van der Waals surface area contributed by atoms with Crippen LogP contribution in [0.15, 0.2) is 66.7 Å². The number of carbonyl (C=O) groups is 2. The van der Waals surface area contributed by atoms with Gasteiger partial charge in [0, 0.05) is 0 Å². The lowest BCUT2D eigenvalue weighted by molar-refractivity contribution is -0.145. The summed E-state index contributed by atoms with van der Waals surface area (Å²) in [6.45, 7) is -0.0497. The minimum Gasteiger partial charge on any atom is -0.457 e. The first-order chi connectivity index (χ1) is 13.7. The van der Waals surface area contributed by atoms with E-state index in [2.05, 4.69) is 10.3 Å². The number of nitrogens with zero attached hydrogens (tertiary/aromatic N) is 1. The molecule has 140 valence electrons. The van der Waals surface area contributed by atoms with Crippen LogP contribution in [0.4, 0.5) is 0 Å². The molecule has 1 amide bonds. The SMILES string of the molecule is O=C(Cc1cccc2ccccc12)NCC(=O)OCc1nc2ccccc2s1. The van der Waals surface area contributed by atoms with Gasteiger partial charge in [0.15, 0.2) is 0 Å². The van der Waals surface area contributed by atoms with Gasteiger partial charge in [0.1, 0.15) is 18.2 Å². The van der Waals surface area contributed by atoms with E-state index in [0.717, 1.165) is 31.6 Å². The van der Waals surface area contributed by atoms with Gasteiger partial charge in [-0.15, -0.1) is 11.3 Å². The van der Waals surface area contributed by atoms with Crippen LogP contribution in [0, 0.1) is 0 Å². The fourth-order valence-electron chi connectivity index (χ4n) is 3.03. The molecule has 0 saturated heterocycles. The lowest BCUT2D eigenvalue weighted by Gasteiger charge is -2.08. The Morgan fingerprint density at radius 3 is 2.64 bits per heavy atom. The number of para-hydroxylation sites is 1. The maximum Gasteiger partial charge on any atom is 0.325 e. The summed E-state index contributed by atoms with van der Waals surface area (Å²) < 4.78 is 6.28. The van der Waals surface area contributed by atoms with Crippen molar-refractivity contribution in [2.24, 2.45) is 0 Å². The van der Waals surface area contributed by atoms with Crippen LogP contribution >= 0.6 is 11.3 Å². The molecule has 0 aliphatic carbocycles. The van der Waals surface area contributed by atoms with Gasteiger partial charge >= 0.3 is 5.97 Å². The van der Waals surface area contributed by atoms with Gasteiger partial charge in [-0.05, 0) is 28.5 Å². The molecule has 0 aliphatic rings. The predicted octanol–water partition coefficient (Wildman–Crippen LogP) is 3.85. The molecule has 1 aromatic heterocycles. The van der Waals surface area contributed by atoms with E-state index >= 15 is 0 Å². The summed E-state index contributed by atoms with van der Waals surface area (Å²) >= 11 is 1.49. The molecule has 0 atom stereocenters. The van der Waals surface area contributed by atoms with Crippen LogP contribution < -0.4 is 5.32 Å². The van der Waals surface area contributed by atoms with E-state index in [-0.39, 0.29) is 25.5 Å². The number of nitrogens with one attached hydrogen (secondary N) is 1. The molecule has 0 spiro atoms. The van der Waals surface area contributed by atoms with Crippen molar-refractivity contribution >= 4 is 44.2 Å². The van der Waals surface area contributed by atoms with Crippen LogP contribution in [0.2, 0.25) is 0 Å². The zero-order valence-corrected chi connectivity index (χ0v) is 15.9. The van der Waals surface area contributed by atoms with E-state index < -0.39 is 5.97 Å². The minimum absolute atomic E-state index is 0.109. The van der Waals surface area contributed by atoms with Crippen molar-refractivity contribution in [3.05, 3.63) is 77.3 Å². The van der Waals surface area contributed by atoms with Crippen molar-refractivity contribution in [1.82, 2.24) is 10.3 Å². The number of carbonyl (C=O) groups excluding carboxylic acids is 2. The average Bonchev–Trinajstić information content (AvgIpc) is 3.14. The third kappa shape index (κ3) is 4.18. The Labute approximate surface area is 166 Å². The summed E-state index contributed by atoms with van der Waals surface area (Å²) in [4.78, 5) is 28.6. The number of hydrogen-bond acceptors (Lipinski definition) is 5. The quantitative estimate of drug-likeness (QED) is 0.508. The number of esters is 1. The van der Waals surface area contributed by atoms with Crippen molar-refractivity contribution in [1.29, 1.82) is 0 Å². The van der Waals surface area contributed by atoms with Gasteiger partial charge in [-0.25, -0.2) is 4.98 Å². The summed E-state index contributed by atoms with van der Waals surface area (Å²) in [5, 5.41) is 5.49. The Bertz CT molecular complexity index is 1110. The second kappa shape index (κ2) is 8.19. The molecule has 0 bridgehead atoms. The molecule has 1 N–H and O–H groups in total. The molecular weight excluding hydrogens is 372 g/mol. The molecule has 0 radical (unpaired) electrons. The van der Waals surface area contributed by atoms with Crippen molar-refractivity contribution < 1.29 is 14.3 Å². The van der Waals surface area contributed by atoms with E-state index in [9.17, 15) is 9.59 Å². The highest BCUT2D eigenvalue weighted by Crippen LogP contribution is 2.22. The van der Waals surface area contributed by atoms with Crippen molar-refractivity contribution in [3.8, 4) is 0 Å². The highest BCUT2D eigenvalue weighted by Gasteiger charge is 2.11. The van der Waals surface area contributed by atoms with E-state index in [1.54, 1.807) is 0 Å². The number of fused-ring (bicyclic) bond motifs is 2. The van der Waals surface area contributed by atoms with Crippen LogP contribution in [-0.2, 0) is 27.4 Å². The number of aromatic nitrogens is 1. The fraction of sp³-hybridized carbons (Fsp3) is 0.136. The Hall–Kier alpha value is -3.25. The number of benzene rings is 3. The largest absolute Gasteiger partial charge is 0.457 e. The number of amides is 1. The molecule has 4 rings (SSSR count). The summed E-state index contributed by atoms with van der Waals surface area (Å²) in [5.74, 6) is -0.696. The van der Waals surface area contributed by atoms with Crippen LogP contribution in [0.25, 0.3) is 21.0 Å². The van der Waals surface area contributed by atoms with E-state index in [4.69, 9.17) is 4.74 Å². The molecular formula is C22H18N2O3S. The molecule has 4 aromatic rings. The van der Waals surface area contributed by atoms with Gasteiger partial charge in [-0.1, -0.05) is 54.6 Å². The zero-order chi connectivity index (χ0) is 19.3. The lowest BCUT2D eigenvalue weighted by Crippen LogP contribution is -2.31. The van der Waals surface area contributed by atoms with Crippen LogP contribution in [0.5, 0.6) is 0 Å². The van der Waals surface area contributed by atoms with Crippen LogP contribution in [-0.4, -0.2) is 23.4 Å². The molecule has 0 fully saturated rings. The van der Waals surface area contributed by atoms with E-state index in [1.807, 2.05) is 66.7 Å². The highest BCUT2D eigenvalue weighted by molar-refractivity contribution is 7.18. The number of hydrogen-bond donors (Lipinski definition) is 1. The third-order valence-electron chi connectivity index (χ3n) is 4.36. The standard InChI is InChI=1S/C22H18N2O3S/c25-20(12-16-8-5-7-15-6-1-2-9-17(15)16)23-13-22(26)27-14-21-24-18-10-3-4-11-19(18)28-21/h1-11H,12-14H2,(H,23,25). The Morgan fingerprint density at radius 1 is 0.964 bits per heavy atom. The number of rotatable bonds is 6. The summed E-state index contributed by atoms with van der Waals surface area (Å²) in [7, 11) is 0. The molecule has 0 unspecified atom stereocenters. The monoisotopic (exact) mass is 390 g/mol. The van der Waals surface area contributed by atoms with Crippen LogP contribution in [0.1, 0.15) is 10.6 Å². The Kier molecular flexibility index (Phi) is 5.30. The molecule has 28 heavy (non-hydrogen) atoms. The first-order valence-corrected chi connectivity index (χ1v) is 9.74. The summed E-state index contributed by atoms with van der Waals surface area (Å²) in [6, 6.07) is 21.5. The number of ether oxygens (including phenoxy) is 1. The Balaban J connectivity index is 1.28. The molecule has 0 aliphatic heterocycles. The van der Waals surface area contributed by atoms with Gasteiger partial charge in [-0.3, -0.25) is 9.59 Å². The minimum atomic E-state index is -0.481. The fourth-order valence-corrected chi connectivity index (χ4v) is 3.91. The van der Waals surface area contributed by atoms with Gasteiger partial charge in [0.25, 0.3) is 0 Å². The molecule has 5 nitrogen and oxygen atoms in total. The first-order valence-electron chi connectivity index (χ1n) is 8.92. The molecule has 1 heterocycles. The van der Waals surface area contributed by atoms with Crippen LogP contribution in [0.3, 0.4) is 0 Å². The second-order valence-corrected chi connectivity index (χ2v) is 7.44. The second-order valence-electron chi connectivity index (χ2n) is 6.33. The van der Waals surface area contributed by atoms with Crippen molar-refractivity contribution in [3.63, 3.8) is 0 Å². The zero-order valence-electron chi connectivity index (χ0n) is 15.1.